The fourth-order valence-corrected chi connectivity index (χ4v) is 1.67. The number of aromatic hydroxyl groups is 1. The smallest absolute Gasteiger partial charge is 0.339 e. The van der Waals surface area contributed by atoms with E-state index in [1.807, 2.05) is 0 Å². The van der Waals surface area contributed by atoms with Crippen molar-refractivity contribution >= 4 is 21.9 Å². The number of rotatable bonds is 3. The predicted octanol–water partition coefficient (Wildman–Crippen LogP) is 1.51. The average Bonchev–Trinajstić information content (AvgIpc) is 2.32. The minimum atomic E-state index is -1.92. The van der Waals surface area contributed by atoms with Gasteiger partial charge >= 0.3 is 5.97 Å². The van der Waals surface area contributed by atoms with Crippen LogP contribution in [0.4, 0.5) is 4.39 Å². The first kappa shape index (κ1) is 13.7. The summed E-state index contributed by atoms with van der Waals surface area (Å²) in [6, 6.07) is 1.18. The molecule has 7 heteroatoms. The molecule has 0 bridgehead atoms. The Labute approximate surface area is 105 Å². The molecule has 5 nitrogen and oxygen atoms in total. The highest BCUT2D eigenvalue weighted by Gasteiger charge is 2.29. The predicted molar refractivity (Wildman–Crippen MR) is 59.3 cm³/mol. The lowest BCUT2D eigenvalue weighted by atomic mass is 10.1. The van der Waals surface area contributed by atoms with Gasteiger partial charge in [-0.05, 0) is 15.9 Å². The molecular formula is C10H10BrFO5. The molecule has 0 amide bonds. The number of phenolic OH excluding ortho intramolecular Hbond substituents is 1. The number of halogens is 2. The van der Waals surface area contributed by atoms with Crippen LogP contribution in [0.3, 0.4) is 0 Å². The van der Waals surface area contributed by atoms with E-state index in [-0.39, 0.29) is 10.2 Å². The molecule has 1 aromatic rings. The lowest BCUT2D eigenvalue weighted by Gasteiger charge is -2.14. The number of ether oxygens (including phenoxy) is 2. The summed E-state index contributed by atoms with van der Waals surface area (Å²) in [6.07, 6.45) is -1.92. The SMILES string of the molecule is COC(=O)C(O)c1c(O)c(OC)cc(Br)c1F. The van der Waals surface area contributed by atoms with E-state index in [2.05, 4.69) is 20.7 Å². The number of hydrogen-bond donors (Lipinski definition) is 2. The number of phenols is 1. The van der Waals surface area contributed by atoms with E-state index in [4.69, 9.17) is 4.74 Å². The van der Waals surface area contributed by atoms with Crippen molar-refractivity contribution in [2.24, 2.45) is 0 Å². The number of aliphatic hydroxyl groups excluding tert-OH is 1. The van der Waals surface area contributed by atoms with Crippen molar-refractivity contribution in [1.29, 1.82) is 0 Å². The van der Waals surface area contributed by atoms with Crippen LogP contribution in [0.15, 0.2) is 10.5 Å². The zero-order valence-corrected chi connectivity index (χ0v) is 10.6. The summed E-state index contributed by atoms with van der Waals surface area (Å²) < 4.78 is 22.7. The first-order valence-electron chi connectivity index (χ1n) is 4.44. The van der Waals surface area contributed by atoms with Crippen LogP contribution in [0.2, 0.25) is 0 Å². The number of hydrogen-bond acceptors (Lipinski definition) is 5. The molecule has 17 heavy (non-hydrogen) atoms. The summed E-state index contributed by atoms with van der Waals surface area (Å²) in [7, 11) is 2.30. The molecule has 2 N–H and O–H groups in total. The highest BCUT2D eigenvalue weighted by atomic mass is 79.9. The van der Waals surface area contributed by atoms with Gasteiger partial charge in [0.15, 0.2) is 17.6 Å². The fraction of sp³-hybridized carbons (Fsp3) is 0.300. The van der Waals surface area contributed by atoms with Crippen LogP contribution in [0.25, 0.3) is 0 Å². The van der Waals surface area contributed by atoms with E-state index < -0.39 is 29.2 Å². The Kier molecular flexibility index (Phi) is 4.30. The Bertz CT molecular complexity index is 449. The minimum absolute atomic E-state index is 0.0508. The third kappa shape index (κ3) is 2.50. The maximum absolute atomic E-state index is 13.7. The molecule has 0 aliphatic heterocycles. The first-order valence-corrected chi connectivity index (χ1v) is 5.24. The van der Waals surface area contributed by atoms with Crippen molar-refractivity contribution in [1.82, 2.24) is 0 Å². The summed E-state index contributed by atoms with van der Waals surface area (Å²) in [4.78, 5) is 11.1. The zero-order valence-electron chi connectivity index (χ0n) is 9.03. The second kappa shape index (κ2) is 5.33. The second-order valence-corrected chi connectivity index (χ2v) is 3.92. The Morgan fingerprint density at radius 3 is 2.59 bits per heavy atom. The van der Waals surface area contributed by atoms with Crippen LogP contribution in [-0.2, 0) is 9.53 Å². The molecule has 1 aromatic carbocycles. The molecular weight excluding hydrogens is 299 g/mol. The number of carbonyl (C=O) groups is 1. The van der Waals surface area contributed by atoms with E-state index >= 15 is 0 Å². The van der Waals surface area contributed by atoms with Gasteiger partial charge in [0.2, 0.25) is 0 Å². The zero-order chi connectivity index (χ0) is 13.2. The fourth-order valence-electron chi connectivity index (χ4n) is 1.25. The van der Waals surface area contributed by atoms with E-state index in [9.17, 15) is 19.4 Å². The molecule has 1 unspecified atom stereocenters. The first-order chi connectivity index (χ1) is 7.93. The largest absolute Gasteiger partial charge is 0.504 e. The number of esters is 1. The molecule has 94 valence electrons. The number of methoxy groups -OCH3 is 2. The van der Waals surface area contributed by atoms with Crippen LogP contribution < -0.4 is 4.74 Å². The van der Waals surface area contributed by atoms with Crippen molar-refractivity contribution in [2.45, 2.75) is 6.10 Å². The van der Waals surface area contributed by atoms with Crippen LogP contribution in [-0.4, -0.2) is 30.4 Å². The molecule has 0 saturated carbocycles. The Hall–Kier alpha value is -1.34. The van der Waals surface area contributed by atoms with Crippen LogP contribution in [0, 0.1) is 5.82 Å². The third-order valence-corrected chi connectivity index (χ3v) is 2.69. The lowest BCUT2D eigenvalue weighted by Crippen LogP contribution is -2.15. The van der Waals surface area contributed by atoms with Crippen molar-refractivity contribution in [3.8, 4) is 11.5 Å². The Balaban J connectivity index is 3.40. The highest BCUT2D eigenvalue weighted by Crippen LogP contribution is 2.39. The van der Waals surface area contributed by atoms with E-state index in [0.29, 0.717) is 0 Å². The molecule has 0 aliphatic rings. The summed E-state index contributed by atoms with van der Waals surface area (Å²) in [6.45, 7) is 0. The molecule has 0 spiro atoms. The summed E-state index contributed by atoms with van der Waals surface area (Å²) >= 11 is 2.88. The van der Waals surface area contributed by atoms with Gasteiger partial charge in [0.1, 0.15) is 5.82 Å². The van der Waals surface area contributed by atoms with Gasteiger partial charge in [-0.1, -0.05) is 0 Å². The third-order valence-electron chi connectivity index (χ3n) is 2.11. The molecule has 1 atom stereocenters. The van der Waals surface area contributed by atoms with Crippen molar-refractivity contribution in [2.75, 3.05) is 14.2 Å². The highest BCUT2D eigenvalue weighted by molar-refractivity contribution is 9.10. The van der Waals surface area contributed by atoms with Crippen LogP contribution in [0.1, 0.15) is 11.7 Å². The quantitative estimate of drug-likeness (QED) is 0.828. The minimum Gasteiger partial charge on any atom is -0.504 e. The molecule has 0 heterocycles. The van der Waals surface area contributed by atoms with Gasteiger partial charge in [-0.15, -0.1) is 0 Å². The maximum Gasteiger partial charge on any atom is 0.339 e. The average molecular weight is 309 g/mol. The number of benzene rings is 1. The van der Waals surface area contributed by atoms with Gasteiger partial charge in [-0.3, -0.25) is 0 Å². The molecule has 0 fully saturated rings. The Morgan fingerprint density at radius 1 is 1.53 bits per heavy atom. The molecule has 1 rings (SSSR count). The van der Waals surface area contributed by atoms with Gasteiger partial charge in [0, 0.05) is 6.07 Å². The molecule has 0 radical (unpaired) electrons. The van der Waals surface area contributed by atoms with E-state index in [0.717, 1.165) is 7.11 Å². The van der Waals surface area contributed by atoms with Crippen molar-refractivity contribution in [3.63, 3.8) is 0 Å². The number of carbonyl (C=O) groups excluding carboxylic acids is 1. The van der Waals surface area contributed by atoms with Crippen molar-refractivity contribution < 1.29 is 28.9 Å². The van der Waals surface area contributed by atoms with Gasteiger partial charge in [0.05, 0.1) is 24.3 Å². The van der Waals surface area contributed by atoms with E-state index in [1.165, 1.54) is 13.2 Å². The molecule has 0 saturated heterocycles. The van der Waals surface area contributed by atoms with Gasteiger partial charge in [-0.25, -0.2) is 9.18 Å². The summed E-state index contributed by atoms with van der Waals surface area (Å²) in [5.74, 6) is -2.76. The van der Waals surface area contributed by atoms with Crippen LogP contribution >= 0.6 is 15.9 Å². The molecule has 0 aromatic heterocycles. The topological polar surface area (TPSA) is 76.0 Å². The summed E-state index contributed by atoms with van der Waals surface area (Å²) in [5.41, 5.74) is -0.594. The lowest BCUT2D eigenvalue weighted by molar-refractivity contribution is -0.151. The number of aliphatic hydroxyl groups is 1. The maximum atomic E-state index is 13.7. The normalized spacial score (nSPS) is 12.1. The monoisotopic (exact) mass is 308 g/mol. The van der Waals surface area contributed by atoms with Gasteiger partial charge in [0.25, 0.3) is 0 Å². The van der Waals surface area contributed by atoms with Gasteiger partial charge in [-0.2, -0.15) is 0 Å². The standard InChI is InChI=1S/C10H10BrFO5/c1-16-5-3-4(11)7(12)6(8(5)13)9(14)10(15)17-2/h3,9,13-14H,1-2H3. The summed E-state index contributed by atoms with van der Waals surface area (Å²) in [5, 5.41) is 19.2. The second-order valence-electron chi connectivity index (χ2n) is 3.06. The molecule has 0 aliphatic carbocycles. The van der Waals surface area contributed by atoms with E-state index in [1.54, 1.807) is 0 Å². The Morgan fingerprint density at radius 2 is 2.12 bits per heavy atom. The van der Waals surface area contributed by atoms with Gasteiger partial charge < -0.3 is 19.7 Å². The van der Waals surface area contributed by atoms with Crippen molar-refractivity contribution in [3.05, 3.63) is 21.9 Å². The van der Waals surface area contributed by atoms with Crippen LogP contribution in [0.5, 0.6) is 11.5 Å².